The summed E-state index contributed by atoms with van der Waals surface area (Å²) >= 11 is 5.03. The van der Waals surface area contributed by atoms with Gasteiger partial charge in [0.15, 0.2) is 0 Å². The lowest BCUT2D eigenvalue weighted by molar-refractivity contribution is -0.120. The van der Waals surface area contributed by atoms with Gasteiger partial charge in [-0.2, -0.15) is 0 Å². The summed E-state index contributed by atoms with van der Waals surface area (Å²) in [6.45, 7) is 4.48. The summed E-state index contributed by atoms with van der Waals surface area (Å²) in [5, 5.41) is 7.03. The largest absolute Gasteiger partial charge is 0.350 e. The van der Waals surface area contributed by atoms with E-state index in [9.17, 15) is 4.79 Å². The number of hydrogen-bond acceptors (Lipinski definition) is 6. The van der Waals surface area contributed by atoms with Crippen molar-refractivity contribution in [2.45, 2.75) is 56.4 Å². The van der Waals surface area contributed by atoms with Crippen molar-refractivity contribution in [3.8, 4) is 0 Å². The van der Waals surface area contributed by atoms with Crippen LogP contribution in [-0.4, -0.2) is 21.1 Å². The van der Waals surface area contributed by atoms with Gasteiger partial charge in [0.2, 0.25) is 5.91 Å². The molecule has 0 saturated carbocycles. The summed E-state index contributed by atoms with van der Waals surface area (Å²) in [7, 11) is 0. The van der Waals surface area contributed by atoms with Crippen molar-refractivity contribution in [3.63, 3.8) is 0 Å². The molecule has 1 aliphatic carbocycles. The first-order valence-corrected chi connectivity index (χ1v) is 11.4. The van der Waals surface area contributed by atoms with Crippen LogP contribution >= 0.6 is 34.4 Å². The maximum atomic E-state index is 12.5. The Morgan fingerprint density at radius 3 is 3.00 bits per heavy atom. The van der Waals surface area contributed by atoms with E-state index in [-0.39, 0.29) is 11.2 Å². The number of rotatable bonds is 5. The van der Waals surface area contributed by atoms with Gasteiger partial charge in [0.25, 0.3) is 0 Å². The molecular formula is C19H21N3OS3. The fourth-order valence-corrected chi connectivity index (χ4v) is 6.33. The number of thiophene rings is 2. The molecule has 1 atom stereocenters. The van der Waals surface area contributed by atoms with Crippen LogP contribution in [0.5, 0.6) is 0 Å². The fourth-order valence-electron chi connectivity index (χ4n) is 3.26. The quantitative estimate of drug-likeness (QED) is 0.494. The lowest BCUT2D eigenvalue weighted by Crippen LogP contribution is -2.30. The second-order valence-electron chi connectivity index (χ2n) is 6.52. The van der Waals surface area contributed by atoms with E-state index in [1.807, 2.05) is 42.7 Å². The van der Waals surface area contributed by atoms with Gasteiger partial charge in [0.1, 0.15) is 15.7 Å². The van der Waals surface area contributed by atoms with Crippen LogP contribution < -0.4 is 5.32 Å². The Labute approximate surface area is 165 Å². The molecule has 3 heterocycles. The molecule has 0 aliphatic heterocycles. The van der Waals surface area contributed by atoms with Gasteiger partial charge in [-0.1, -0.05) is 17.8 Å². The molecule has 0 unspecified atom stereocenters. The van der Waals surface area contributed by atoms with Crippen molar-refractivity contribution in [1.82, 2.24) is 15.3 Å². The summed E-state index contributed by atoms with van der Waals surface area (Å²) in [6, 6.07) is 4.04. The van der Waals surface area contributed by atoms with Crippen LogP contribution in [-0.2, 0) is 24.2 Å². The second-order valence-corrected chi connectivity index (χ2v) is 9.97. The molecule has 3 aromatic rings. The average molecular weight is 404 g/mol. The fraction of sp³-hybridized carbons (Fsp3) is 0.421. The van der Waals surface area contributed by atoms with E-state index >= 15 is 0 Å². The molecular weight excluding hydrogens is 382 g/mol. The molecule has 0 spiro atoms. The van der Waals surface area contributed by atoms with E-state index in [2.05, 4.69) is 10.3 Å². The molecule has 0 bridgehead atoms. The molecule has 1 aliphatic rings. The Bertz CT molecular complexity index is 933. The van der Waals surface area contributed by atoms with E-state index in [0.29, 0.717) is 6.54 Å². The van der Waals surface area contributed by atoms with E-state index in [1.165, 1.54) is 33.5 Å². The Kier molecular flexibility index (Phi) is 5.29. The van der Waals surface area contributed by atoms with E-state index in [0.717, 1.165) is 28.5 Å². The van der Waals surface area contributed by atoms with Crippen molar-refractivity contribution >= 4 is 50.6 Å². The maximum Gasteiger partial charge on any atom is 0.233 e. The zero-order valence-electron chi connectivity index (χ0n) is 14.9. The highest BCUT2D eigenvalue weighted by Gasteiger charge is 2.23. The SMILES string of the molecule is Cc1nc(S[C@H](C)C(=O)NCc2cccs2)c2c3c(sc2n1)CCCC3. The van der Waals surface area contributed by atoms with Gasteiger partial charge in [-0.15, -0.1) is 22.7 Å². The number of nitrogens with zero attached hydrogens (tertiary/aromatic N) is 2. The minimum absolute atomic E-state index is 0.0527. The highest BCUT2D eigenvalue weighted by atomic mass is 32.2. The Balaban J connectivity index is 1.56. The molecule has 26 heavy (non-hydrogen) atoms. The summed E-state index contributed by atoms with van der Waals surface area (Å²) in [6.07, 6.45) is 4.74. The summed E-state index contributed by atoms with van der Waals surface area (Å²) < 4.78 is 0. The third kappa shape index (κ3) is 3.66. The van der Waals surface area contributed by atoms with Gasteiger partial charge >= 0.3 is 0 Å². The Hall–Kier alpha value is -1.44. The number of amides is 1. The van der Waals surface area contributed by atoms with Crippen LogP contribution in [0.3, 0.4) is 0 Å². The molecule has 1 amide bonds. The number of fused-ring (bicyclic) bond motifs is 3. The number of hydrogen-bond donors (Lipinski definition) is 1. The molecule has 4 rings (SSSR count). The molecule has 0 saturated heterocycles. The zero-order chi connectivity index (χ0) is 18.1. The Morgan fingerprint density at radius 2 is 2.19 bits per heavy atom. The number of nitrogens with one attached hydrogen (secondary N) is 1. The van der Waals surface area contributed by atoms with Gasteiger partial charge in [0, 0.05) is 15.1 Å². The number of carbonyl (C=O) groups excluding carboxylic acids is 1. The van der Waals surface area contributed by atoms with Crippen LogP contribution in [0.1, 0.15) is 40.9 Å². The first kappa shape index (κ1) is 17.9. The molecule has 3 aromatic heterocycles. The maximum absolute atomic E-state index is 12.5. The zero-order valence-corrected chi connectivity index (χ0v) is 17.3. The minimum Gasteiger partial charge on any atom is -0.350 e. The predicted octanol–water partition coefficient (Wildman–Crippen LogP) is 4.74. The standard InChI is InChI=1S/C19H21N3OS3/c1-11(17(23)20-10-13-6-5-9-24-13)25-18-16-14-7-3-4-8-15(14)26-19(16)22-12(2)21-18/h5-6,9,11H,3-4,7-8,10H2,1-2H3,(H,20,23)/t11-/m1/s1. The topological polar surface area (TPSA) is 54.9 Å². The van der Waals surface area contributed by atoms with Crippen LogP contribution in [0.25, 0.3) is 10.2 Å². The summed E-state index contributed by atoms with van der Waals surface area (Å²) in [5.74, 6) is 0.835. The third-order valence-corrected chi connectivity index (χ3v) is 7.72. The van der Waals surface area contributed by atoms with Crippen LogP contribution in [0.15, 0.2) is 22.5 Å². The molecule has 0 aromatic carbocycles. The van der Waals surface area contributed by atoms with Gasteiger partial charge in [-0.25, -0.2) is 9.97 Å². The van der Waals surface area contributed by atoms with Crippen molar-refractivity contribution in [1.29, 1.82) is 0 Å². The van der Waals surface area contributed by atoms with Crippen LogP contribution in [0.4, 0.5) is 0 Å². The predicted molar refractivity (Wildman–Crippen MR) is 110 cm³/mol. The molecule has 4 nitrogen and oxygen atoms in total. The first-order chi connectivity index (χ1) is 12.6. The monoisotopic (exact) mass is 403 g/mol. The number of thioether (sulfide) groups is 1. The smallest absolute Gasteiger partial charge is 0.233 e. The van der Waals surface area contributed by atoms with Crippen molar-refractivity contribution < 1.29 is 4.79 Å². The Morgan fingerprint density at radius 1 is 1.35 bits per heavy atom. The van der Waals surface area contributed by atoms with Gasteiger partial charge in [0.05, 0.1) is 11.8 Å². The summed E-state index contributed by atoms with van der Waals surface area (Å²) in [4.78, 5) is 25.6. The lowest BCUT2D eigenvalue weighted by atomic mass is 9.97. The van der Waals surface area contributed by atoms with E-state index < -0.39 is 0 Å². The van der Waals surface area contributed by atoms with E-state index in [4.69, 9.17) is 4.98 Å². The van der Waals surface area contributed by atoms with Gasteiger partial charge < -0.3 is 5.32 Å². The van der Waals surface area contributed by atoms with Crippen molar-refractivity contribution in [3.05, 3.63) is 38.7 Å². The van der Waals surface area contributed by atoms with Crippen molar-refractivity contribution in [2.24, 2.45) is 0 Å². The molecule has 7 heteroatoms. The molecule has 136 valence electrons. The lowest BCUT2D eigenvalue weighted by Gasteiger charge is -2.14. The number of aryl methyl sites for hydroxylation is 3. The highest BCUT2D eigenvalue weighted by molar-refractivity contribution is 8.00. The van der Waals surface area contributed by atoms with Crippen molar-refractivity contribution in [2.75, 3.05) is 0 Å². The minimum atomic E-state index is -0.188. The first-order valence-electron chi connectivity index (χ1n) is 8.87. The molecule has 1 N–H and O–H groups in total. The van der Waals surface area contributed by atoms with Crippen LogP contribution in [0, 0.1) is 6.92 Å². The highest BCUT2D eigenvalue weighted by Crippen LogP contribution is 2.40. The normalized spacial score (nSPS) is 15.0. The molecule has 0 radical (unpaired) electrons. The van der Waals surface area contributed by atoms with E-state index in [1.54, 1.807) is 23.1 Å². The summed E-state index contributed by atoms with van der Waals surface area (Å²) in [5.41, 5.74) is 1.42. The van der Waals surface area contributed by atoms with Gasteiger partial charge in [-0.3, -0.25) is 4.79 Å². The molecule has 0 fully saturated rings. The third-order valence-electron chi connectivity index (χ3n) is 4.57. The average Bonchev–Trinajstić information content (AvgIpc) is 3.26. The number of carbonyl (C=O) groups is 1. The van der Waals surface area contributed by atoms with Gasteiger partial charge in [-0.05, 0) is 56.5 Å². The second kappa shape index (κ2) is 7.66. The number of aromatic nitrogens is 2. The van der Waals surface area contributed by atoms with Crippen LogP contribution in [0.2, 0.25) is 0 Å².